The SMILES string of the molecule is c1cnc2c(c1)c1cc3cnccc3cc1n1cncc21. The van der Waals surface area contributed by atoms with Crippen LogP contribution in [-0.2, 0) is 0 Å². The number of nitrogens with zero attached hydrogens (tertiary/aromatic N) is 4. The Morgan fingerprint density at radius 1 is 0.810 bits per heavy atom. The highest BCUT2D eigenvalue weighted by Crippen LogP contribution is 2.30. The maximum atomic E-state index is 4.54. The molecule has 5 aromatic rings. The molecule has 4 aromatic heterocycles. The molecule has 21 heavy (non-hydrogen) atoms. The number of pyridine rings is 3. The Labute approximate surface area is 119 Å². The maximum Gasteiger partial charge on any atom is 0.0997 e. The number of hydrogen-bond acceptors (Lipinski definition) is 3. The highest BCUT2D eigenvalue weighted by Gasteiger charge is 2.10. The fourth-order valence-corrected chi connectivity index (χ4v) is 3.03. The lowest BCUT2D eigenvalue weighted by Crippen LogP contribution is -1.91. The fourth-order valence-electron chi connectivity index (χ4n) is 3.03. The van der Waals surface area contributed by atoms with E-state index in [1.807, 2.05) is 43.2 Å². The van der Waals surface area contributed by atoms with Crippen molar-refractivity contribution in [3.05, 3.63) is 61.4 Å². The summed E-state index contributed by atoms with van der Waals surface area (Å²) in [6, 6.07) is 10.5. The lowest BCUT2D eigenvalue weighted by Gasteiger charge is -2.09. The molecule has 4 heteroatoms. The van der Waals surface area contributed by atoms with Crippen molar-refractivity contribution < 1.29 is 0 Å². The number of imidazole rings is 1. The first-order valence-corrected chi connectivity index (χ1v) is 6.78. The van der Waals surface area contributed by atoms with Gasteiger partial charge in [-0.1, -0.05) is 6.07 Å². The minimum absolute atomic E-state index is 0.978. The topological polar surface area (TPSA) is 43.1 Å². The standard InChI is InChI=1S/C17H10N4/c1-2-13-14-6-12-8-18-5-3-11(12)7-15(14)21-10-19-9-16(21)17(13)20-4-1/h1-10H. The number of benzene rings is 1. The number of aromatic nitrogens is 4. The minimum atomic E-state index is 0.978. The summed E-state index contributed by atoms with van der Waals surface area (Å²) in [5, 5.41) is 4.63. The molecule has 0 aliphatic carbocycles. The van der Waals surface area contributed by atoms with Crippen LogP contribution >= 0.6 is 0 Å². The predicted molar refractivity (Wildman–Crippen MR) is 83.3 cm³/mol. The Kier molecular flexibility index (Phi) is 1.92. The van der Waals surface area contributed by atoms with Gasteiger partial charge in [0.1, 0.15) is 0 Å². The molecule has 0 aliphatic heterocycles. The second-order valence-electron chi connectivity index (χ2n) is 5.14. The molecule has 0 spiro atoms. The molecule has 0 unspecified atom stereocenters. The molecule has 0 fully saturated rings. The van der Waals surface area contributed by atoms with E-state index in [2.05, 4.69) is 37.6 Å². The zero-order valence-corrected chi connectivity index (χ0v) is 11.1. The summed E-state index contributed by atoms with van der Waals surface area (Å²) >= 11 is 0. The highest BCUT2D eigenvalue weighted by molar-refractivity contribution is 6.13. The Balaban J connectivity index is 2.18. The summed E-state index contributed by atoms with van der Waals surface area (Å²) in [6.45, 7) is 0. The zero-order valence-electron chi connectivity index (χ0n) is 11.1. The Morgan fingerprint density at radius 3 is 2.81 bits per heavy atom. The molecule has 1 aromatic carbocycles. The van der Waals surface area contributed by atoms with Gasteiger partial charge in [0, 0.05) is 34.7 Å². The second kappa shape index (κ2) is 3.76. The summed E-state index contributed by atoms with van der Waals surface area (Å²) in [4.78, 5) is 13.0. The number of rotatable bonds is 0. The Hall–Kier alpha value is -3.01. The van der Waals surface area contributed by atoms with Crippen molar-refractivity contribution in [3.8, 4) is 0 Å². The molecule has 0 aliphatic rings. The first kappa shape index (κ1) is 10.7. The molecule has 0 saturated carbocycles. The van der Waals surface area contributed by atoms with Crippen LogP contribution < -0.4 is 0 Å². The van der Waals surface area contributed by atoms with E-state index < -0.39 is 0 Å². The molecule has 0 bridgehead atoms. The van der Waals surface area contributed by atoms with Gasteiger partial charge in [0.15, 0.2) is 0 Å². The molecule has 4 nitrogen and oxygen atoms in total. The van der Waals surface area contributed by atoms with E-state index in [0.717, 1.165) is 27.3 Å². The van der Waals surface area contributed by atoms with Gasteiger partial charge >= 0.3 is 0 Å². The van der Waals surface area contributed by atoms with Crippen molar-refractivity contribution in [3.63, 3.8) is 0 Å². The van der Waals surface area contributed by atoms with Crippen molar-refractivity contribution in [2.45, 2.75) is 0 Å². The van der Waals surface area contributed by atoms with Gasteiger partial charge in [-0.05, 0) is 29.7 Å². The van der Waals surface area contributed by atoms with Crippen molar-refractivity contribution in [2.24, 2.45) is 0 Å². The van der Waals surface area contributed by atoms with Crippen LogP contribution in [0, 0.1) is 0 Å². The smallest absolute Gasteiger partial charge is 0.0997 e. The van der Waals surface area contributed by atoms with E-state index in [-0.39, 0.29) is 0 Å². The fraction of sp³-hybridized carbons (Fsp3) is 0. The molecule has 5 rings (SSSR count). The molecular weight excluding hydrogens is 260 g/mol. The van der Waals surface area contributed by atoms with Crippen LogP contribution in [0.4, 0.5) is 0 Å². The van der Waals surface area contributed by atoms with Gasteiger partial charge in [0.05, 0.1) is 29.1 Å². The monoisotopic (exact) mass is 270 g/mol. The lowest BCUT2D eigenvalue weighted by atomic mass is 10.0. The summed E-state index contributed by atoms with van der Waals surface area (Å²) in [5.41, 5.74) is 3.15. The van der Waals surface area contributed by atoms with Crippen LogP contribution in [0.25, 0.3) is 38.1 Å². The molecule has 98 valence electrons. The van der Waals surface area contributed by atoms with E-state index in [0.29, 0.717) is 0 Å². The highest BCUT2D eigenvalue weighted by atomic mass is 15.0. The largest absolute Gasteiger partial charge is 0.297 e. The van der Waals surface area contributed by atoms with Gasteiger partial charge in [-0.15, -0.1) is 0 Å². The summed E-state index contributed by atoms with van der Waals surface area (Å²) in [7, 11) is 0. The van der Waals surface area contributed by atoms with E-state index in [1.54, 1.807) is 0 Å². The van der Waals surface area contributed by atoms with E-state index in [1.165, 1.54) is 10.8 Å². The molecule has 4 heterocycles. The van der Waals surface area contributed by atoms with Crippen LogP contribution in [0.5, 0.6) is 0 Å². The van der Waals surface area contributed by atoms with Gasteiger partial charge in [0.25, 0.3) is 0 Å². The van der Waals surface area contributed by atoms with Crippen LogP contribution in [0.2, 0.25) is 0 Å². The molecular formula is C17H10N4. The third-order valence-electron chi connectivity index (χ3n) is 3.99. The predicted octanol–water partition coefficient (Wildman–Crippen LogP) is 3.58. The maximum absolute atomic E-state index is 4.54. The molecule has 0 amide bonds. The summed E-state index contributed by atoms with van der Waals surface area (Å²) in [6.07, 6.45) is 9.26. The van der Waals surface area contributed by atoms with Gasteiger partial charge in [-0.2, -0.15) is 0 Å². The van der Waals surface area contributed by atoms with E-state index in [4.69, 9.17) is 0 Å². The third kappa shape index (κ3) is 1.36. The van der Waals surface area contributed by atoms with E-state index in [9.17, 15) is 0 Å². The average Bonchev–Trinajstić information content (AvgIpc) is 3.03. The first-order chi connectivity index (χ1) is 10.4. The third-order valence-corrected chi connectivity index (χ3v) is 3.99. The number of hydrogen-bond donors (Lipinski definition) is 0. The van der Waals surface area contributed by atoms with Gasteiger partial charge in [0.2, 0.25) is 0 Å². The Bertz CT molecular complexity index is 1140. The van der Waals surface area contributed by atoms with Crippen molar-refractivity contribution in [2.75, 3.05) is 0 Å². The lowest BCUT2D eigenvalue weighted by molar-refractivity contribution is 1.21. The van der Waals surface area contributed by atoms with Gasteiger partial charge < -0.3 is 0 Å². The first-order valence-electron chi connectivity index (χ1n) is 6.78. The average molecular weight is 270 g/mol. The van der Waals surface area contributed by atoms with Crippen molar-refractivity contribution >= 4 is 38.1 Å². The van der Waals surface area contributed by atoms with Crippen LogP contribution in [0.15, 0.2) is 61.4 Å². The molecule has 0 saturated heterocycles. The van der Waals surface area contributed by atoms with Crippen LogP contribution in [0.1, 0.15) is 0 Å². The van der Waals surface area contributed by atoms with Crippen molar-refractivity contribution in [1.82, 2.24) is 19.4 Å². The van der Waals surface area contributed by atoms with Crippen LogP contribution in [-0.4, -0.2) is 19.4 Å². The van der Waals surface area contributed by atoms with Gasteiger partial charge in [-0.3, -0.25) is 14.4 Å². The quantitative estimate of drug-likeness (QED) is 0.319. The molecule has 0 atom stereocenters. The van der Waals surface area contributed by atoms with Crippen LogP contribution in [0.3, 0.4) is 0 Å². The number of fused-ring (bicyclic) bond motifs is 7. The molecule has 0 radical (unpaired) electrons. The zero-order chi connectivity index (χ0) is 13.8. The normalized spacial score (nSPS) is 11.8. The summed E-state index contributed by atoms with van der Waals surface area (Å²) in [5.74, 6) is 0. The Morgan fingerprint density at radius 2 is 1.81 bits per heavy atom. The summed E-state index contributed by atoms with van der Waals surface area (Å²) < 4.78 is 2.10. The molecule has 0 N–H and O–H groups in total. The van der Waals surface area contributed by atoms with E-state index >= 15 is 0 Å². The van der Waals surface area contributed by atoms with Crippen molar-refractivity contribution in [1.29, 1.82) is 0 Å². The second-order valence-corrected chi connectivity index (χ2v) is 5.14. The van der Waals surface area contributed by atoms with Gasteiger partial charge in [-0.25, -0.2) is 4.98 Å². The minimum Gasteiger partial charge on any atom is -0.297 e.